The fraction of sp³-hybridized carbons (Fsp3) is 0.111. The maximum absolute atomic E-state index is 12.9. The monoisotopic (exact) mass is 463 g/mol. The average Bonchev–Trinajstić information content (AvgIpc) is 2.66. The van der Waals surface area contributed by atoms with Gasteiger partial charge in [0.05, 0.1) is 16.3 Å². The summed E-state index contributed by atoms with van der Waals surface area (Å²) in [5.41, 5.74) is 5.23. The van der Waals surface area contributed by atoms with Crippen LogP contribution in [0.15, 0.2) is 48.8 Å². The minimum absolute atomic E-state index is 0.000717. The molecule has 0 amide bonds. The molecule has 4 N–H and O–H groups in total. The number of hydrogen-bond acceptors (Lipinski definition) is 6. The van der Waals surface area contributed by atoms with Gasteiger partial charge in [-0.3, -0.25) is 0 Å². The van der Waals surface area contributed by atoms with Crippen LogP contribution in [0.5, 0.6) is 5.75 Å². The van der Waals surface area contributed by atoms with E-state index >= 15 is 0 Å². The Labute approximate surface area is 176 Å². The van der Waals surface area contributed by atoms with E-state index < -0.39 is 23.9 Å². The van der Waals surface area contributed by atoms with Crippen molar-refractivity contribution in [2.45, 2.75) is 12.5 Å². The Morgan fingerprint density at radius 2 is 1.48 bits per heavy atom. The van der Waals surface area contributed by atoms with Gasteiger partial charge in [0, 0.05) is 5.69 Å². The highest BCUT2D eigenvalue weighted by molar-refractivity contribution is 6.33. The van der Waals surface area contributed by atoms with E-state index in [1.54, 1.807) is 0 Å². The first-order valence-corrected chi connectivity index (χ1v) is 8.67. The first-order chi connectivity index (χ1) is 14.4. The topological polar surface area (TPSA) is 85.1 Å². The van der Waals surface area contributed by atoms with Crippen LogP contribution in [0.25, 0.3) is 0 Å². The molecule has 0 saturated heterocycles. The molecule has 6 nitrogen and oxygen atoms in total. The summed E-state index contributed by atoms with van der Waals surface area (Å²) in [5.74, 6) is -0.393. The van der Waals surface area contributed by atoms with Crippen molar-refractivity contribution in [2.75, 3.05) is 16.4 Å². The zero-order chi connectivity index (χ0) is 22.8. The molecule has 0 radical (unpaired) electrons. The number of nitrogen functional groups attached to an aromatic ring is 1. The van der Waals surface area contributed by atoms with Crippen LogP contribution >= 0.6 is 11.6 Å². The fourth-order valence-electron chi connectivity index (χ4n) is 2.40. The molecular formula is C18H12ClF6N5O. The number of nitrogens with zero attached hydrogens (tertiary/aromatic N) is 2. The van der Waals surface area contributed by atoms with E-state index in [9.17, 15) is 26.3 Å². The molecule has 13 heteroatoms. The first kappa shape index (κ1) is 22.3. The smallest absolute Gasteiger partial charge is 0.406 e. The van der Waals surface area contributed by atoms with Crippen LogP contribution in [0, 0.1) is 0 Å². The van der Waals surface area contributed by atoms with Gasteiger partial charge in [0.1, 0.15) is 17.8 Å². The second-order valence-electron chi connectivity index (χ2n) is 6.00. The van der Waals surface area contributed by atoms with E-state index in [0.29, 0.717) is 5.69 Å². The molecule has 0 bridgehead atoms. The maximum Gasteiger partial charge on any atom is 0.573 e. The molecule has 0 aliphatic rings. The third kappa shape index (κ3) is 5.81. The second-order valence-corrected chi connectivity index (χ2v) is 6.41. The highest BCUT2D eigenvalue weighted by Gasteiger charge is 2.31. The lowest BCUT2D eigenvalue weighted by Crippen LogP contribution is -2.17. The van der Waals surface area contributed by atoms with Crippen LogP contribution in [-0.4, -0.2) is 16.3 Å². The van der Waals surface area contributed by atoms with Gasteiger partial charge in [-0.25, -0.2) is 9.97 Å². The molecule has 0 spiro atoms. The van der Waals surface area contributed by atoms with Gasteiger partial charge in [-0.1, -0.05) is 11.6 Å². The first-order valence-electron chi connectivity index (χ1n) is 8.29. The minimum Gasteiger partial charge on any atom is -0.406 e. The molecule has 0 fully saturated rings. The van der Waals surface area contributed by atoms with Crippen LogP contribution in [0.1, 0.15) is 5.56 Å². The zero-order valence-corrected chi connectivity index (χ0v) is 15.9. The zero-order valence-electron chi connectivity index (χ0n) is 15.1. The highest BCUT2D eigenvalue weighted by atomic mass is 35.5. The molecule has 0 aliphatic carbocycles. The number of aromatic nitrogens is 2. The van der Waals surface area contributed by atoms with Crippen LogP contribution in [0.4, 0.5) is 55.0 Å². The summed E-state index contributed by atoms with van der Waals surface area (Å²) in [6.07, 6.45) is -8.31. The number of ether oxygens (including phenoxy) is 1. The van der Waals surface area contributed by atoms with Gasteiger partial charge in [0.2, 0.25) is 0 Å². The SMILES string of the molecule is Nc1c(Nc2ccc(OC(F)(F)F)cc2)ncnc1Nc1cc(C(F)(F)F)ccc1Cl. The van der Waals surface area contributed by atoms with Crippen LogP contribution in [0.2, 0.25) is 5.02 Å². The van der Waals surface area contributed by atoms with Crippen LogP contribution < -0.4 is 21.1 Å². The number of benzene rings is 2. The predicted octanol–water partition coefficient (Wildman–Crippen LogP) is 6.12. The van der Waals surface area contributed by atoms with E-state index in [1.807, 2.05) is 0 Å². The standard InChI is InChI=1S/C18H12ClF6N5O/c19-12-6-1-9(17(20,21)22)7-13(12)30-16-14(26)15(27-8-28-16)29-10-2-4-11(5-3-10)31-18(23,24)25/h1-8H,26H2,(H2,27,28,29,30). The molecule has 0 atom stereocenters. The summed E-state index contributed by atoms with van der Waals surface area (Å²) in [4.78, 5) is 7.82. The Bertz CT molecular complexity index is 1070. The molecule has 1 aromatic heterocycles. The molecule has 3 rings (SSSR count). The lowest BCUT2D eigenvalue weighted by Gasteiger charge is -2.15. The van der Waals surface area contributed by atoms with Gasteiger partial charge in [-0.05, 0) is 42.5 Å². The molecule has 0 aliphatic heterocycles. The Morgan fingerprint density at radius 1 is 0.871 bits per heavy atom. The number of nitrogens with one attached hydrogen (secondary N) is 2. The van der Waals surface area contributed by atoms with Crippen molar-refractivity contribution in [3.05, 3.63) is 59.4 Å². The Balaban J connectivity index is 1.81. The van der Waals surface area contributed by atoms with E-state index in [-0.39, 0.29) is 28.0 Å². The maximum atomic E-state index is 12.9. The van der Waals surface area contributed by atoms with Gasteiger partial charge >= 0.3 is 12.5 Å². The van der Waals surface area contributed by atoms with Crippen molar-refractivity contribution in [1.29, 1.82) is 0 Å². The summed E-state index contributed by atoms with van der Waals surface area (Å²) in [5, 5.41) is 5.39. The van der Waals surface area contributed by atoms with E-state index in [0.717, 1.165) is 36.7 Å². The van der Waals surface area contributed by atoms with Crippen molar-refractivity contribution in [2.24, 2.45) is 0 Å². The highest BCUT2D eigenvalue weighted by Crippen LogP contribution is 2.36. The van der Waals surface area contributed by atoms with Gasteiger partial charge in [-0.15, -0.1) is 13.2 Å². The summed E-state index contributed by atoms with van der Waals surface area (Å²) >= 11 is 5.96. The lowest BCUT2D eigenvalue weighted by molar-refractivity contribution is -0.274. The number of anilines is 5. The Kier molecular flexibility index (Phi) is 6.02. The van der Waals surface area contributed by atoms with Crippen LogP contribution in [-0.2, 0) is 6.18 Å². The van der Waals surface area contributed by atoms with Gasteiger partial charge < -0.3 is 21.1 Å². The van der Waals surface area contributed by atoms with E-state index in [4.69, 9.17) is 17.3 Å². The van der Waals surface area contributed by atoms with Gasteiger partial charge in [0.15, 0.2) is 11.6 Å². The summed E-state index contributed by atoms with van der Waals surface area (Å²) < 4.78 is 79.3. The van der Waals surface area contributed by atoms with Crippen molar-refractivity contribution < 1.29 is 31.1 Å². The second kappa shape index (κ2) is 8.38. The largest absolute Gasteiger partial charge is 0.573 e. The summed E-state index contributed by atoms with van der Waals surface area (Å²) in [6, 6.07) is 7.45. The number of alkyl halides is 6. The number of hydrogen-bond donors (Lipinski definition) is 3. The summed E-state index contributed by atoms with van der Waals surface area (Å²) in [7, 11) is 0. The fourth-order valence-corrected chi connectivity index (χ4v) is 2.56. The number of halogens is 7. The molecular weight excluding hydrogens is 452 g/mol. The molecule has 0 unspecified atom stereocenters. The van der Waals surface area contributed by atoms with Crippen molar-refractivity contribution in [3.63, 3.8) is 0 Å². The van der Waals surface area contributed by atoms with Crippen molar-refractivity contribution in [1.82, 2.24) is 9.97 Å². The van der Waals surface area contributed by atoms with Crippen molar-refractivity contribution >= 4 is 40.3 Å². The third-order valence-corrected chi connectivity index (χ3v) is 4.11. The lowest BCUT2D eigenvalue weighted by atomic mass is 10.2. The normalized spacial score (nSPS) is 11.8. The molecule has 31 heavy (non-hydrogen) atoms. The molecule has 2 aromatic carbocycles. The number of rotatable bonds is 5. The third-order valence-electron chi connectivity index (χ3n) is 3.78. The molecule has 1 heterocycles. The predicted molar refractivity (Wildman–Crippen MR) is 103 cm³/mol. The van der Waals surface area contributed by atoms with E-state index in [1.165, 1.54) is 12.1 Å². The molecule has 164 valence electrons. The quantitative estimate of drug-likeness (QED) is 0.395. The van der Waals surface area contributed by atoms with E-state index in [2.05, 4.69) is 25.3 Å². The van der Waals surface area contributed by atoms with Crippen molar-refractivity contribution in [3.8, 4) is 5.75 Å². The molecule has 0 saturated carbocycles. The molecule has 3 aromatic rings. The number of nitrogens with two attached hydrogens (primary N) is 1. The Hall–Kier alpha value is -3.41. The van der Waals surface area contributed by atoms with Gasteiger partial charge in [-0.2, -0.15) is 13.2 Å². The Morgan fingerprint density at radius 3 is 2.06 bits per heavy atom. The summed E-state index contributed by atoms with van der Waals surface area (Å²) in [6.45, 7) is 0. The minimum atomic E-state index is -4.82. The average molecular weight is 464 g/mol. The van der Waals surface area contributed by atoms with Crippen LogP contribution in [0.3, 0.4) is 0 Å². The van der Waals surface area contributed by atoms with Gasteiger partial charge in [0.25, 0.3) is 0 Å².